The Bertz CT molecular complexity index is 735. The monoisotopic (exact) mass is 317 g/mol. The van der Waals surface area contributed by atoms with Crippen LogP contribution in [0.1, 0.15) is 5.56 Å². The molecule has 1 aliphatic heterocycles. The molecule has 2 heterocycles. The molecule has 1 N–H and O–H groups in total. The van der Waals surface area contributed by atoms with Crippen molar-refractivity contribution in [2.45, 2.75) is 6.92 Å². The Hall–Kier alpha value is -3.03. The van der Waals surface area contributed by atoms with Crippen LogP contribution in [0.2, 0.25) is 0 Å². The summed E-state index contributed by atoms with van der Waals surface area (Å²) in [6.07, 6.45) is 1.23. The molecule has 120 valence electrons. The summed E-state index contributed by atoms with van der Waals surface area (Å²) < 4.78 is 16.1. The topological polar surface area (TPSA) is 95.8 Å². The van der Waals surface area contributed by atoms with E-state index in [-0.39, 0.29) is 12.5 Å². The van der Waals surface area contributed by atoms with Gasteiger partial charge in [-0.3, -0.25) is 10.1 Å². The van der Waals surface area contributed by atoms with E-state index in [4.69, 9.17) is 14.2 Å². The van der Waals surface area contributed by atoms with Crippen molar-refractivity contribution in [3.8, 4) is 17.2 Å². The molecule has 0 saturated heterocycles. The van der Waals surface area contributed by atoms with Gasteiger partial charge in [-0.1, -0.05) is 0 Å². The maximum absolute atomic E-state index is 10.7. The number of ether oxygens (including phenoxy) is 3. The number of anilines is 1. The molecule has 0 fully saturated rings. The Labute approximate surface area is 132 Å². The Balaban J connectivity index is 1.51. The fourth-order valence-electron chi connectivity index (χ4n) is 2.15. The summed E-state index contributed by atoms with van der Waals surface area (Å²) in [6, 6.07) is 6.86. The molecule has 0 spiro atoms. The highest BCUT2D eigenvalue weighted by atomic mass is 16.7. The van der Waals surface area contributed by atoms with Gasteiger partial charge in [0.25, 0.3) is 5.69 Å². The van der Waals surface area contributed by atoms with E-state index in [2.05, 4.69) is 10.3 Å². The Morgan fingerprint density at radius 2 is 2.17 bits per heavy atom. The summed E-state index contributed by atoms with van der Waals surface area (Å²) >= 11 is 0. The van der Waals surface area contributed by atoms with Crippen LogP contribution in [0.4, 0.5) is 11.5 Å². The first-order chi connectivity index (χ1) is 11.1. The number of aryl methyl sites for hydroxylation is 1. The molecule has 0 unspecified atom stereocenters. The number of nitrogens with one attached hydrogen (secondary N) is 1. The number of nitrogens with zero attached hydrogens (tertiary/aromatic N) is 2. The predicted molar refractivity (Wildman–Crippen MR) is 82.2 cm³/mol. The van der Waals surface area contributed by atoms with Gasteiger partial charge in [0, 0.05) is 12.1 Å². The van der Waals surface area contributed by atoms with Gasteiger partial charge in [0.15, 0.2) is 11.5 Å². The molecule has 0 saturated carbocycles. The molecule has 1 aromatic heterocycles. The van der Waals surface area contributed by atoms with Crippen LogP contribution < -0.4 is 19.5 Å². The first-order valence-corrected chi connectivity index (χ1v) is 7.01. The Kier molecular flexibility index (Phi) is 4.13. The third kappa shape index (κ3) is 3.42. The van der Waals surface area contributed by atoms with Crippen molar-refractivity contribution < 1.29 is 19.1 Å². The number of aromatic nitrogens is 1. The van der Waals surface area contributed by atoms with E-state index in [1.54, 1.807) is 19.1 Å². The number of hydrogen-bond acceptors (Lipinski definition) is 7. The quantitative estimate of drug-likeness (QED) is 0.497. The van der Waals surface area contributed by atoms with Crippen molar-refractivity contribution in [3.05, 3.63) is 46.1 Å². The fourth-order valence-corrected chi connectivity index (χ4v) is 2.15. The molecule has 2 aromatic rings. The molecule has 23 heavy (non-hydrogen) atoms. The van der Waals surface area contributed by atoms with Crippen LogP contribution >= 0.6 is 0 Å². The fraction of sp³-hybridized carbons (Fsp3) is 0.267. The van der Waals surface area contributed by atoms with Gasteiger partial charge in [-0.25, -0.2) is 4.98 Å². The van der Waals surface area contributed by atoms with Gasteiger partial charge in [0.1, 0.15) is 24.4 Å². The van der Waals surface area contributed by atoms with E-state index < -0.39 is 4.92 Å². The zero-order valence-electron chi connectivity index (χ0n) is 12.4. The van der Waals surface area contributed by atoms with Crippen LogP contribution in [-0.2, 0) is 0 Å². The lowest BCUT2D eigenvalue weighted by Crippen LogP contribution is -2.13. The van der Waals surface area contributed by atoms with E-state index in [9.17, 15) is 10.1 Å². The van der Waals surface area contributed by atoms with Crippen molar-refractivity contribution in [2.24, 2.45) is 0 Å². The van der Waals surface area contributed by atoms with Crippen molar-refractivity contribution >= 4 is 11.5 Å². The van der Waals surface area contributed by atoms with E-state index in [1.165, 1.54) is 12.3 Å². The van der Waals surface area contributed by atoms with Crippen molar-refractivity contribution in [1.82, 2.24) is 4.98 Å². The third-order valence-corrected chi connectivity index (χ3v) is 3.28. The second-order valence-electron chi connectivity index (χ2n) is 4.91. The number of nitro groups is 1. The average Bonchev–Trinajstić information content (AvgIpc) is 3.00. The summed E-state index contributed by atoms with van der Waals surface area (Å²) in [6.45, 7) is 2.92. The molecule has 0 radical (unpaired) electrons. The highest BCUT2D eigenvalue weighted by Crippen LogP contribution is 2.35. The van der Waals surface area contributed by atoms with Crippen LogP contribution in [0, 0.1) is 17.0 Å². The Morgan fingerprint density at radius 1 is 1.35 bits per heavy atom. The van der Waals surface area contributed by atoms with E-state index in [0.29, 0.717) is 41.8 Å². The van der Waals surface area contributed by atoms with E-state index in [0.717, 1.165) is 0 Å². The number of rotatable bonds is 6. The first kappa shape index (κ1) is 14.9. The van der Waals surface area contributed by atoms with Gasteiger partial charge in [-0.05, 0) is 24.6 Å². The molecule has 1 aliphatic rings. The Morgan fingerprint density at radius 3 is 2.96 bits per heavy atom. The van der Waals surface area contributed by atoms with Gasteiger partial charge in [0.05, 0.1) is 11.5 Å². The third-order valence-electron chi connectivity index (χ3n) is 3.28. The number of fused-ring (bicyclic) bond motifs is 1. The number of hydrogen-bond donors (Lipinski definition) is 1. The zero-order chi connectivity index (χ0) is 16.2. The van der Waals surface area contributed by atoms with Gasteiger partial charge in [0.2, 0.25) is 6.79 Å². The summed E-state index contributed by atoms with van der Waals surface area (Å²) in [5.41, 5.74) is 0.687. The molecular formula is C15H15N3O5. The molecule has 3 rings (SSSR count). The molecule has 8 heteroatoms. The molecular weight excluding hydrogens is 302 g/mol. The normalized spacial score (nSPS) is 12.0. The lowest BCUT2D eigenvalue weighted by molar-refractivity contribution is -0.385. The van der Waals surface area contributed by atoms with Crippen LogP contribution in [0.15, 0.2) is 30.5 Å². The summed E-state index contributed by atoms with van der Waals surface area (Å²) in [7, 11) is 0. The molecule has 0 atom stereocenters. The maximum atomic E-state index is 10.7. The second kappa shape index (κ2) is 6.39. The lowest BCUT2D eigenvalue weighted by atomic mass is 10.2. The van der Waals surface area contributed by atoms with Gasteiger partial charge >= 0.3 is 0 Å². The average molecular weight is 317 g/mol. The molecule has 0 aliphatic carbocycles. The SMILES string of the molecule is Cc1cc([N+](=O)[O-])cnc1NCCOc1ccc2c(c1)OCO2. The second-order valence-corrected chi connectivity index (χ2v) is 4.91. The van der Waals surface area contributed by atoms with E-state index >= 15 is 0 Å². The maximum Gasteiger partial charge on any atom is 0.287 e. The van der Waals surface area contributed by atoms with Crippen LogP contribution in [0.3, 0.4) is 0 Å². The van der Waals surface area contributed by atoms with Crippen molar-refractivity contribution in [1.29, 1.82) is 0 Å². The molecule has 1 aromatic carbocycles. The van der Waals surface area contributed by atoms with Crippen molar-refractivity contribution in [2.75, 3.05) is 25.3 Å². The standard InChI is InChI=1S/C15H15N3O5/c1-10-6-11(18(19)20)8-17-15(10)16-4-5-21-12-2-3-13-14(7-12)23-9-22-13/h2-3,6-8H,4-5,9H2,1H3,(H,16,17). The van der Waals surface area contributed by atoms with Crippen LogP contribution in [0.5, 0.6) is 17.2 Å². The molecule has 0 amide bonds. The van der Waals surface area contributed by atoms with Gasteiger partial charge in [-0.15, -0.1) is 0 Å². The summed E-state index contributed by atoms with van der Waals surface area (Å²) in [5, 5.41) is 13.8. The minimum atomic E-state index is -0.466. The van der Waals surface area contributed by atoms with E-state index in [1.807, 2.05) is 6.07 Å². The largest absolute Gasteiger partial charge is 0.492 e. The minimum absolute atomic E-state index is 0.0235. The summed E-state index contributed by atoms with van der Waals surface area (Å²) in [5.74, 6) is 2.67. The van der Waals surface area contributed by atoms with Gasteiger partial charge < -0.3 is 19.5 Å². The first-order valence-electron chi connectivity index (χ1n) is 7.01. The molecule has 8 nitrogen and oxygen atoms in total. The van der Waals surface area contributed by atoms with Gasteiger partial charge in [-0.2, -0.15) is 0 Å². The number of benzene rings is 1. The minimum Gasteiger partial charge on any atom is -0.492 e. The van der Waals surface area contributed by atoms with Crippen LogP contribution in [0.25, 0.3) is 0 Å². The number of pyridine rings is 1. The highest BCUT2D eigenvalue weighted by Gasteiger charge is 2.13. The molecule has 0 bridgehead atoms. The lowest BCUT2D eigenvalue weighted by Gasteiger charge is -2.10. The highest BCUT2D eigenvalue weighted by molar-refractivity contribution is 5.48. The smallest absolute Gasteiger partial charge is 0.287 e. The summed E-state index contributed by atoms with van der Waals surface area (Å²) in [4.78, 5) is 14.2. The zero-order valence-corrected chi connectivity index (χ0v) is 12.4. The van der Waals surface area contributed by atoms with Crippen molar-refractivity contribution in [3.63, 3.8) is 0 Å². The van der Waals surface area contributed by atoms with Crippen LogP contribution in [-0.4, -0.2) is 29.9 Å². The predicted octanol–water partition coefficient (Wildman–Crippen LogP) is 2.52.